The molecule has 2 heterocycles. The van der Waals surface area contributed by atoms with E-state index in [1.807, 2.05) is 6.07 Å². The largest absolute Gasteiger partial charge is 0.380 e. The number of benzene rings is 2. The summed E-state index contributed by atoms with van der Waals surface area (Å²) in [5.41, 5.74) is 1.62. The van der Waals surface area contributed by atoms with Crippen LogP contribution in [0.3, 0.4) is 0 Å². The molecule has 1 aromatic heterocycles. The number of aliphatic hydroxyl groups is 1. The molecule has 104 valence electrons. The lowest BCUT2D eigenvalue weighted by Gasteiger charge is -2.07. The lowest BCUT2D eigenvalue weighted by molar-refractivity contribution is 0.216. The summed E-state index contributed by atoms with van der Waals surface area (Å²) in [4.78, 5) is 17.1. The molecule has 4 rings (SSSR count). The number of hydrogen-bond donors (Lipinski definition) is 1. The minimum Gasteiger partial charge on any atom is -0.380 e. The summed E-state index contributed by atoms with van der Waals surface area (Å²) in [6.45, 7) is 0. The van der Waals surface area contributed by atoms with Gasteiger partial charge in [-0.2, -0.15) is 0 Å². The molecular weight excluding hydrogens is 356 g/mol. The van der Waals surface area contributed by atoms with Crippen molar-refractivity contribution in [2.24, 2.45) is 0 Å². The van der Waals surface area contributed by atoms with Crippen LogP contribution in [0.25, 0.3) is 16.6 Å². The van der Waals surface area contributed by atoms with Crippen LogP contribution in [-0.2, 0) is 0 Å². The molecule has 0 saturated heterocycles. The van der Waals surface area contributed by atoms with Gasteiger partial charge in [0, 0.05) is 15.1 Å². The van der Waals surface area contributed by atoms with Crippen LogP contribution >= 0.6 is 27.5 Å². The molecule has 2 aromatic carbocycles. The normalized spacial score (nSPS) is 16.0. The van der Waals surface area contributed by atoms with Gasteiger partial charge in [0.1, 0.15) is 6.10 Å². The van der Waals surface area contributed by atoms with Gasteiger partial charge in [-0.05, 0) is 36.4 Å². The van der Waals surface area contributed by atoms with Crippen molar-refractivity contribution in [3.05, 3.63) is 67.6 Å². The minimum atomic E-state index is -0.912. The van der Waals surface area contributed by atoms with E-state index in [1.54, 1.807) is 30.3 Å². The lowest BCUT2D eigenvalue weighted by Crippen LogP contribution is -2.21. The molecule has 1 unspecified atom stereocenters. The van der Waals surface area contributed by atoms with Gasteiger partial charge in [0.25, 0.3) is 5.56 Å². The first-order chi connectivity index (χ1) is 10.1. The topological polar surface area (TPSA) is 55.1 Å². The first kappa shape index (κ1) is 13.0. The average molecular weight is 364 g/mol. The molecule has 0 aliphatic carbocycles. The van der Waals surface area contributed by atoms with E-state index in [4.69, 9.17) is 11.6 Å². The fraction of sp³-hybridized carbons (Fsp3) is 0.0667. The molecule has 6 heteroatoms. The summed E-state index contributed by atoms with van der Waals surface area (Å²) >= 11 is 9.33. The quantitative estimate of drug-likeness (QED) is 0.667. The summed E-state index contributed by atoms with van der Waals surface area (Å²) in [6, 6.07) is 10.4. The fourth-order valence-electron chi connectivity index (χ4n) is 2.68. The number of aromatic nitrogens is 2. The van der Waals surface area contributed by atoms with Crippen LogP contribution in [0.2, 0.25) is 5.02 Å². The van der Waals surface area contributed by atoms with Gasteiger partial charge in [-0.1, -0.05) is 27.5 Å². The Morgan fingerprint density at radius 2 is 2.05 bits per heavy atom. The van der Waals surface area contributed by atoms with Crippen LogP contribution in [0, 0.1) is 0 Å². The Morgan fingerprint density at radius 1 is 1.24 bits per heavy atom. The van der Waals surface area contributed by atoms with Crippen LogP contribution in [0.5, 0.6) is 0 Å². The van der Waals surface area contributed by atoms with Crippen molar-refractivity contribution in [1.82, 2.24) is 9.55 Å². The Labute approximate surface area is 132 Å². The van der Waals surface area contributed by atoms with Gasteiger partial charge < -0.3 is 5.11 Å². The zero-order chi connectivity index (χ0) is 14.7. The molecule has 1 aliphatic heterocycles. The number of rotatable bonds is 0. The third kappa shape index (κ3) is 1.78. The second-order valence-electron chi connectivity index (χ2n) is 4.88. The van der Waals surface area contributed by atoms with Gasteiger partial charge in [-0.15, -0.1) is 0 Å². The van der Waals surface area contributed by atoms with Crippen molar-refractivity contribution < 1.29 is 5.11 Å². The Hall–Kier alpha value is -1.69. The number of aliphatic hydroxyl groups excluding tert-OH is 1. The SMILES string of the molecule is O=c1c2cc(Cl)ccc2nc2n1-c1ccc(Br)cc1C2O. The first-order valence-corrected chi connectivity index (χ1v) is 7.43. The highest BCUT2D eigenvalue weighted by Crippen LogP contribution is 2.36. The molecule has 4 nitrogen and oxygen atoms in total. The smallest absolute Gasteiger partial charge is 0.266 e. The monoisotopic (exact) mass is 362 g/mol. The lowest BCUT2D eigenvalue weighted by atomic mass is 10.1. The third-order valence-corrected chi connectivity index (χ3v) is 4.35. The molecule has 0 amide bonds. The highest BCUT2D eigenvalue weighted by molar-refractivity contribution is 9.10. The van der Waals surface area contributed by atoms with Crippen LogP contribution in [0.1, 0.15) is 17.5 Å². The molecule has 0 bridgehead atoms. The van der Waals surface area contributed by atoms with Gasteiger partial charge in [0.2, 0.25) is 0 Å². The third-order valence-electron chi connectivity index (χ3n) is 3.63. The second-order valence-corrected chi connectivity index (χ2v) is 6.23. The van der Waals surface area contributed by atoms with E-state index in [2.05, 4.69) is 20.9 Å². The predicted molar refractivity (Wildman–Crippen MR) is 84.1 cm³/mol. The van der Waals surface area contributed by atoms with E-state index in [0.717, 1.165) is 4.47 Å². The van der Waals surface area contributed by atoms with Crippen LogP contribution in [0.4, 0.5) is 0 Å². The Bertz CT molecular complexity index is 968. The molecule has 1 aliphatic rings. The minimum absolute atomic E-state index is 0.224. The molecule has 0 spiro atoms. The predicted octanol–water partition coefficient (Wildman–Crippen LogP) is 3.20. The van der Waals surface area contributed by atoms with Gasteiger partial charge >= 0.3 is 0 Å². The Kier molecular flexibility index (Phi) is 2.73. The van der Waals surface area contributed by atoms with Crippen molar-refractivity contribution in [3.63, 3.8) is 0 Å². The summed E-state index contributed by atoms with van der Waals surface area (Å²) < 4.78 is 2.29. The zero-order valence-electron chi connectivity index (χ0n) is 10.5. The van der Waals surface area contributed by atoms with Crippen molar-refractivity contribution in [1.29, 1.82) is 0 Å². The molecule has 3 aromatic rings. The fourth-order valence-corrected chi connectivity index (χ4v) is 3.23. The standard InChI is InChI=1S/C15H8BrClN2O2/c16-7-1-4-12-10(5-7)13(20)14-18-11-3-2-8(17)6-9(11)15(21)19(12)14/h1-6,13,20H. The molecule has 0 saturated carbocycles. The highest BCUT2D eigenvalue weighted by atomic mass is 79.9. The van der Waals surface area contributed by atoms with Gasteiger partial charge in [0.05, 0.1) is 16.6 Å². The Balaban J connectivity index is 2.15. The molecule has 0 radical (unpaired) electrons. The molecule has 0 fully saturated rings. The van der Waals surface area contributed by atoms with Crippen molar-refractivity contribution in [3.8, 4) is 5.69 Å². The molecule has 21 heavy (non-hydrogen) atoms. The summed E-state index contributed by atoms with van der Waals surface area (Å²) in [7, 11) is 0. The maximum atomic E-state index is 12.7. The first-order valence-electron chi connectivity index (χ1n) is 6.26. The van der Waals surface area contributed by atoms with Crippen molar-refractivity contribution in [2.75, 3.05) is 0 Å². The Morgan fingerprint density at radius 3 is 2.86 bits per heavy atom. The molecular formula is C15H8BrClN2O2. The summed E-state index contributed by atoms with van der Waals surface area (Å²) in [5.74, 6) is 0.336. The van der Waals surface area contributed by atoms with E-state index < -0.39 is 6.10 Å². The van der Waals surface area contributed by atoms with Gasteiger partial charge in [-0.25, -0.2) is 4.98 Å². The number of nitrogens with zero attached hydrogens (tertiary/aromatic N) is 2. The zero-order valence-corrected chi connectivity index (χ0v) is 12.9. The van der Waals surface area contributed by atoms with Gasteiger partial charge in [0.15, 0.2) is 5.82 Å². The summed E-state index contributed by atoms with van der Waals surface area (Å²) in [6.07, 6.45) is -0.912. The van der Waals surface area contributed by atoms with Crippen molar-refractivity contribution in [2.45, 2.75) is 6.10 Å². The maximum Gasteiger partial charge on any atom is 0.266 e. The second kappa shape index (κ2) is 4.40. The van der Waals surface area contributed by atoms with E-state index in [0.29, 0.717) is 33.0 Å². The van der Waals surface area contributed by atoms with Gasteiger partial charge in [-0.3, -0.25) is 9.36 Å². The van der Waals surface area contributed by atoms with E-state index in [9.17, 15) is 9.90 Å². The number of fused-ring (bicyclic) bond motifs is 4. The van der Waals surface area contributed by atoms with Crippen LogP contribution in [0.15, 0.2) is 45.7 Å². The van der Waals surface area contributed by atoms with E-state index >= 15 is 0 Å². The summed E-state index contributed by atoms with van der Waals surface area (Å²) in [5, 5.41) is 11.3. The average Bonchev–Trinajstić information content (AvgIpc) is 2.73. The van der Waals surface area contributed by atoms with Crippen LogP contribution < -0.4 is 5.56 Å². The van der Waals surface area contributed by atoms with Crippen molar-refractivity contribution >= 4 is 38.4 Å². The van der Waals surface area contributed by atoms with E-state index in [-0.39, 0.29) is 5.56 Å². The highest BCUT2D eigenvalue weighted by Gasteiger charge is 2.30. The van der Waals surface area contributed by atoms with E-state index in [1.165, 1.54) is 4.57 Å². The number of hydrogen-bond acceptors (Lipinski definition) is 3. The maximum absolute atomic E-state index is 12.7. The molecule has 1 N–H and O–H groups in total. The number of halogens is 2. The molecule has 1 atom stereocenters. The van der Waals surface area contributed by atoms with Crippen LogP contribution in [-0.4, -0.2) is 14.7 Å².